The van der Waals surface area contributed by atoms with Crippen molar-refractivity contribution in [2.75, 3.05) is 5.32 Å². The molecule has 0 fully saturated rings. The maximum Gasteiger partial charge on any atom is 0.293 e. The van der Waals surface area contributed by atoms with E-state index in [2.05, 4.69) is 21.2 Å². The second kappa shape index (κ2) is 5.90. The molecule has 0 heterocycles. The zero-order chi connectivity index (χ0) is 14.7. The summed E-state index contributed by atoms with van der Waals surface area (Å²) in [5.74, 6) is 0. The molecule has 0 spiro atoms. The summed E-state index contributed by atoms with van der Waals surface area (Å²) in [7, 11) is 0. The predicted molar refractivity (Wildman–Crippen MR) is 80.2 cm³/mol. The van der Waals surface area contributed by atoms with E-state index in [0.29, 0.717) is 26.4 Å². The lowest BCUT2D eigenvalue weighted by molar-refractivity contribution is -0.384. The Labute approximate surface area is 128 Å². The van der Waals surface area contributed by atoms with Crippen molar-refractivity contribution in [2.24, 2.45) is 0 Å². The summed E-state index contributed by atoms with van der Waals surface area (Å²) in [6, 6.07) is 11.3. The van der Waals surface area contributed by atoms with Crippen molar-refractivity contribution in [2.45, 2.75) is 0 Å². The molecule has 0 aliphatic rings. The van der Waals surface area contributed by atoms with Gasteiger partial charge in [0.05, 0.1) is 27.3 Å². The molecule has 0 aliphatic carbocycles. The summed E-state index contributed by atoms with van der Waals surface area (Å²) in [6.07, 6.45) is 0. The summed E-state index contributed by atoms with van der Waals surface area (Å²) >= 11 is 9.20. The summed E-state index contributed by atoms with van der Waals surface area (Å²) in [6.45, 7) is 0. The van der Waals surface area contributed by atoms with Crippen LogP contribution in [0.1, 0.15) is 5.56 Å². The molecule has 0 radical (unpaired) electrons. The summed E-state index contributed by atoms with van der Waals surface area (Å²) in [5.41, 5.74) is 1.07. The minimum atomic E-state index is -0.491. The molecule has 0 atom stereocenters. The van der Waals surface area contributed by atoms with Crippen molar-refractivity contribution in [1.29, 1.82) is 5.26 Å². The molecule has 2 aromatic rings. The van der Waals surface area contributed by atoms with Gasteiger partial charge in [0.1, 0.15) is 5.69 Å². The van der Waals surface area contributed by atoms with E-state index in [9.17, 15) is 10.1 Å². The van der Waals surface area contributed by atoms with E-state index in [1.165, 1.54) is 12.1 Å². The van der Waals surface area contributed by atoms with Crippen molar-refractivity contribution in [1.82, 2.24) is 0 Å². The zero-order valence-corrected chi connectivity index (χ0v) is 12.3. The Bertz CT molecular complexity index is 728. The van der Waals surface area contributed by atoms with Crippen molar-refractivity contribution >= 4 is 44.6 Å². The number of nitro benzene ring substituents is 1. The molecule has 100 valence electrons. The number of benzene rings is 2. The highest BCUT2D eigenvalue weighted by Crippen LogP contribution is 2.33. The van der Waals surface area contributed by atoms with Gasteiger partial charge in [0.2, 0.25) is 0 Å². The molecule has 1 N–H and O–H groups in total. The number of rotatable bonds is 3. The van der Waals surface area contributed by atoms with Gasteiger partial charge in [-0.2, -0.15) is 5.26 Å². The Hall–Kier alpha value is -2.10. The lowest BCUT2D eigenvalue weighted by Gasteiger charge is -2.09. The Morgan fingerprint density at radius 1 is 1.25 bits per heavy atom. The fourth-order valence-electron chi connectivity index (χ4n) is 1.60. The van der Waals surface area contributed by atoms with Crippen LogP contribution in [0.15, 0.2) is 40.9 Å². The highest BCUT2D eigenvalue weighted by atomic mass is 79.9. The van der Waals surface area contributed by atoms with Gasteiger partial charge in [-0.1, -0.05) is 27.5 Å². The number of halogens is 2. The number of hydrogen-bond donors (Lipinski definition) is 1. The first-order valence-corrected chi connectivity index (χ1v) is 6.59. The van der Waals surface area contributed by atoms with Gasteiger partial charge < -0.3 is 5.32 Å². The van der Waals surface area contributed by atoms with E-state index in [-0.39, 0.29) is 5.69 Å². The lowest BCUT2D eigenvalue weighted by Crippen LogP contribution is -1.98. The SMILES string of the molecule is N#Cc1ccc(Cl)c(Nc2ccc(Br)cc2[N+](=O)[O-])c1. The first-order chi connectivity index (χ1) is 9.51. The number of nitriles is 1. The molecule has 0 amide bonds. The van der Waals surface area contributed by atoms with Crippen LogP contribution in [-0.2, 0) is 0 Å². The molecule has 0 bridgehead atoms. The van der Waals surface area contributed by atoms with Crippen LogP contribution >= 0.6 is 27.5 Å². The minimum Gasteiger partial charge on any atom is -0.349 e. The van der Waals surface area contributed by atoms with Gasteiger partial charge >= 0.3 is 0 Å². The Morgan fingerprint density at radius 2 is 2.00 bits per heavy atom. The Morgan fingerprint density at radius 3 is 2.65 bits per heavy atom. The molecule has 7 heteroatoms. The van der Waals surface area contributed by atoms with Crippen LogP contribution in [0.25, 0.3) is 0 Å². The quantitative estimate of drug-likeness (QED) is 0.645. The summed E-state index contributed by atoms with van der Waals surface area (Å²) in [5, 5.41) is 23.1. The van der Waals surface area contributed by atoms with Crippen LogP contribution < -0.4 is 5.32 Å². The van der Waals surface area contributed by atoms with Gasteiger partial charge in [-0.15, -0.1) is 0 Å². The number of anilines is 2. The highest BCUT2D eigenvalue weighted by Gasteiger charge is 2.15. The Kier molecular flexibility index (Phi) is 4.23. The molecule has 0 unspecified atom stereocenters. The lowest BCUT2D eigenvalue weighted by atomic mass is 10.2. The maximum atomic E-state index is 11.0. The third kappa shape index (κ3) is 3.07. The maximum absolute atomic E-state index is 11.0. The fraction of sp³-hybridized carbons (Fsp3) is 0. The molecule has 20 heavy (non-hydrogen) atoms. The van der Waals surface area contributed by atoms with Crippen molar-refractivity contribution in [3.8, 4) is 6.07 Å². The van der Waals surface area contributed by atoms with E-state index < -0.39 is 4.92 Å². The first-order valence-electron chi connectivity index (χ1n) is 5.42. The van der Waals surface area contributed by atoms with E-state index in [1.54, 1.807) is 24.3 Å². The second-order valence-corrected chi connectivity index (χ2v) is 5.17. The molecule has 0 aliphatic heterocycles. The average molecular weight is 353 g/mol. The van der Waals surface area contributed by atoms with E-state index in [1.807, 2.05) is 6.07 Å². The smallest absolute Gasteiger partial charge is 0.293 e. The molecular weight excluding hydrogens is 346 g/mol. The molecule has 0 saturated heterocycles. The third-order valence-electron chi connectivity index (χ3n) is 2.52. The second-order valence-electron chi connectivity index (χ2n) is 3.85. The van der Waals surface area contributed by atoms with Gasteiger partial charge in [0.15, 0.2) is 0 Å². The third-order valence-corrected chi connectivity index (χ3v) is 3.34. The average Bonchev–Trinajstić information content (AvgIpc) is 2.42. The molecule has 5 nitrogen and oxygen atoms in total. The largest absolute Gasteiger partial charge is 0.349 e. The molecule has 0 aromatic heterocycles. The molecule has 0 saturated carbocycles. The van der Waals surface area contributed by atoms with Gasteiger partial charge in [0.25, 0.3) is 5.69 Å². The summed E-state index contributed by atoms with van der Waals surface area (Å²) in [4.78, 5) is 10.5. The molecule has 2 aromatic carbocycles. The zero-order valence-electron chi connectivity index (χ0n) is 9.93. The normalized spacial score (nSPS) is 9.85. The van der Waals surface area contributed by atoms with Crippen LogP contribution in [0.4, 0.5) is 17.1 Å². The molecule has 2 rings (SSSR count). The van der Waals surface area contributed by atoms with Gasteiger partial charge in [0, 0.05) is 10.5 Å². The molecular formula is C13H7BrClN3O2. The van der Waals surface area contributed by atoms with E-state index in [4.69, 9.17) is 16.9 Å². The first kappa shape index (κ1) is 14.3. The number of nitro groups is 1. The summed E-state index contributed by atoms with van der Waals surface area (Å²) < 4.78 is 0.603. The highest BCUT2D eigenvalue weighted by molar-refractivity contribution is 9.10. The van der Waals surface area contributed by atoms with E-state index >= 15 is 0 Å². The van der Waals surface area contributed by atoms with Crippen LogP contribution in [0.5, 0.6) is 0 Å². The predicted octanol–water partition coefficient (Wildman–Crippen LogP) is 4.63. The van der Waals surface area contributed by atoms with Crippen LogP contribution in [0.2, 0.25) is 5.02 Å². The fourth-order valence-corrected chi connectivity index (χ4v) is 2.11. The van der Waals surface area contributed by atoms with Gasteiger partial charge in [-0.25, -0.2) is 0 Å². The van der Waals surface area contributed by atoms with Crippen LogP contribution in [0.3, 0.4) is 0 Å². The van der Waals surface area contributed by atoms with Gasteiger partial charge in [-0.05, 0) is 30.3 Å². The minimum absolute atomic E-state index is 0.0854. The monoisotopic (exact) mass is 351 g/mol. The van der Waals surface area contributed by atoms with Crippen molar-refractivity contribution < 1.29 is 4.92 Å². The van der Waals surface area contributed by atoms with Crippen molar-refractivity contribution in [3.05, 3.63) is 61.6 Å². The number of nitrogens with one attached hydrogen (secondary N) is 1. The van der Waals surface area contributed by atoms with Gasteiger partial charge in [-0.3, -0.25) is 10.1 Å². The van der Waals surface area contributed by atoms with Crippen LogP contribution in [-0.4, -0.2) is 4.92 Å². The number of nitrogens with zero attached hydrogens (tertiary/aromatic N) is 2. The topological polar surface area (TPSA) is 79.0 Å². The standard InChI is InChI=1S/C13H7BrClN3O2/c14-9-2-4-11(13(6-9)18(19)20)17-12-5-8(7-16)1-3-10(12)15/h1-6,17H. The van der Waals surface area contributed by atoms with E-state index in [0.717, 1.165) is 0 Å². The van der Waals surface area contributed by atoms with Crippen LogP contribution in [0, 0.1) is 21.4 Å². The number of hydrogen-bond acceptors (Lipinski definition) is 4. The van der Waals surface area contributed by atoms with Crippen molar-refractivity contribution in [3.63, 3.8) is 0 Å². The Balaban J connectivity index is 2.45.